The minimum atomic E-state index is -0.0596. The van der Waals surface area contributed by atoms with E-state index >= 15 is 0 Å². The highest BCUT2D eigenvalue weighted by atomic mass is 16.5. The maximum Gasteiger partial charge on any atom is 0.307 e. The fourth-order valence-electron chi connectivity index (χ4n) is 2.44. The smallest absolute Gasteiger partial charge is 0.307 e. The molecule has 0 spiro atoms. The molecule has 2 atom stereocenters. The van der Waals surface area contributed by atoms with Crippen molar-refractivity contribution in [3.8, 4) is 0 Å². The molecule has 0 radical (unpaired) electrons. The van der Waals surface area contributed by atoms with Crippen LogP contribution >= 0.6 is 0 Å². The van der Waals surface area contributed by atoms with Crippen molar-refractivity contribution >= 4 is 5.97 Å². The minimum Gasteiger partial charge on any atom is -0.462 e. The predicted molar refractivity (Wildman–Crippen MR) is 60.6 cm³/mol. The molecule has 1 fully saturated rings. The lowest BCUT2D eigenvalue weighted by Gasteiger charge is -2.31. The molecule has 0 aromatic rings. The lowest BCUT2D eigenvalue weighted by atomic mass is 9.82. The predicted octanol–water partition coefficient (Wildman–Crippen LogP) is 1.96. The summed E-state index contributed by atoms with van der Waals surface area (Å²) < 4.78 is 5.46. The monoisotopic (exact) mass is 213 g/mol. The third kappa shape index (κ3) is 4.65. The summed E-state index contributed by atoms with van der Waals surface area (Å²) >= 11 is 0. The average molecular weight is 213 g/mol. The van der Waals surface area contributed by atoms with Crippen LogP contribution in [0.4, 0.5) is 0 Å². The average Bonchev–Trinajstić information content (AvgIpc) is 2.13. The summed E-state index contributed by atoms with van der Waals surface area (Å²) in [4.78, 5) is 11.4. The molecule has 1 N–H and O–H groups in total. The van der Waals surface area contributed by atoms with Crippen molar-refractivity contribution in [3.05, 3.63) is 0 Å². The summed E-state index contributed by atoms with van der Waals surface area (Å²) in [5.74, 6) is 1.32. The Hall–Kier alpha value is -0.570. The summed E-state index contributed by atoms with van der Waals surface area (Å²) in [5, 5.41) is 2.95. The highest BCUT2D eigenvalue weighted by Crippen LogP contribution is 2.30. The molecule has 1 aliphatic rings. The SMILES string of the molecule is CNCCC(=O)OC1CC(C)CC(C)C1. The number of esters is 1. The van der Waals surface area contributed by atoms with Crippen molar-refractivity contribution in [1.82, 2.24) is 5.32 Å². The number of carbonyl (C=O) groups is 1. The molecule has 3 nitrogen and oxygen atoms in total. The van der Waals surface area contributed by atoms with Gasteiger partial charge < -0.3 is 10.1 Å². The largest absolute Gasteiger partial charge is 0.462 e. The standard InChI is InChI=1S/C12H23NO2/c1-9-6-10(2)8-11(7-9)15-12(14)4-5-13-3/h9-11,13H,4-8H2,1-3H3. The summed E-state index contributed by atoms with van der Waals surface area (Å²) in [6, 6.07) is 0. The molecule has 0 amide bonds. The van der Waals surface area contributed by atoms with Gasteiger partial charge in [0.2, 0.25) is 0 Å². The molecule has 3 heteroatoms. The second-order valence-electron chi connectivity index (χ2n) is 4.88. The van der Waals surface area contributed by atoms with Gasteiger partial charge in [0.1, 0.15) is 6.10 Å². The molecule has 0 aliphatic heterocycles. The van der Waals surface area contributed by atoms with E-state index in [2.05, 4.69) is 19.2 Å². The van der Waals surface area contributed by atoms with Crippen LogP contribution in [0.1, 0.15) is 39.5 Å². The molecular formula is C12H23NO2. The molecule has 2 unspecified atom stereocenters. The molecule has 15 heavy (non-hydrogen) atoms. The first-order valence-electron chi connectivity index (χ1n) is 5.96. The van der Waals surface area contributed by atoms with Gasteiger partial charge >= 0.3 is 5.97 Å². The zero-order chi connectivity index (χ0) is 11.3. The van der Waals surface area contributed by atoms with E-state index in [1.165, 1.54) is 6.42 Å². The lowest BCUT2D eigenvalue weighted by molar-refractivity contribution is -0.151. The maximum absolute atomic E-state index is 11.4. The fraction of sp³-hybridized carbons (Fsp3) is 0.917. The van der Waals surface area contributed by atoms with Crippen molar-refractivity contribution in [2.45, 2.75) is 45.6 Å². The van der Waals surface area contributed by atoms with Crippen molar-refractivity contribution in [3.63, 3.8) is 0 Å². The lowest BCUT2D eigenvalue weighted by Crippen LogP contribution is -2.29. The van der Waals surface area contributed by atoms with E-state index in [9.17, 15) is 4.79 Å². The quantitative estimate of drug-likeness (QED) is 0.726. The Morgan fingerprint density at radius 1 is 1.27 bits per heavy atom. The Kier molecular flexibility index (Phi) is 5.09. The van der Waals surface area contributed by atoms with Crippen molar-refractivity contribution < 1.29 is 9.53 Å². The Labute approximate surface area is 92.6 Å². The number of nitrogens with one attached hydrogen (secondary N) is 1. The fourth-order valence-corrected chi connectivity index (χ4v) is 2.44. The van der Waals surface area contributed by atoms with Crippen molar-refractivity contribution in [1.29, 1.82) is 0 Å². The van der Waals surface area contributed by atoms with Crippen LogP contribution in [0.15, 0.2) is 0 Å². The second-order valence-corrected chi connectivity index (χ2v) is 4.88. The van der Waals surface area contributed by atoms with Gasteiger partial charge in [0, 0.05) is 6.54 Å². The molecular weight excluding hydrogens is 190 g/mol. The Morgan fingerprint density at radius 2 is 1.87 bits per heavy atom. The first-order valence-corrected chi connectivity index (χ1v) is 5.96. The first kappa shape index (κ1) is 12.5. The molecule has 88 valence electrons. The van der Waals surface area contributed by atoms with E-state index in [4.69, 9.17) is 4.74 Å². The van der Waals surface area contributed by atoms with E-state index in [1.54, 1.807) is 0 Å². The van der Waals surface area contributed by atoms with Crippen LogP contribution in [0.25, 0.3) is 0 Å². The molecule has 1 rings (SSSR count). The Balaban J connectivity index is 2.27. The number of hydrogen-bond donors (Lipinski definition) is 1. The molecule has 0 bridgehead atoms. The van der Waals surface area contributed by atoms with E-state index in [1.807, 2.05) is 7.05 Å². The maximum atomic E-state index is 11.4. The van der Waals surface area contributed by atoms with Crippen LogP contribution in [-0.2, 0) is 9.53 Å². The van der Waals surface area contributed by atoms with Crippen LogP contribution in [0.3, 0.4) is 0 Å². The Bertz CT molecular complexity index is 196. The van der Waals surface area contributed by atoms with Gasteiger partial charge in [-0.1, -0.05) is 13.8 Å². The van der Waals surface area contributed by atoms with Gasteiger partial charge in [-0.15, -0.1) is 0 Å². The third-order valence-electron chi connectivity index (χ3n) is 3.01. The van der Waals surface area contributed by atoms with Crippen molar-refractivity contribution in [2.75, 3.05) is 13.6 Å². The number of ether oxygens (including phenoxy) is 1. The Morgan fingerprint density at radius 3 is 2.40 bits per heavy atom. The van der Waals surface area contributed by atoms with Gasteiger partial charge in [-0.05, 0) is 38.1 Å². The van der Waals surface area contributed by atoms with Crippen LogP contribution in [0, 0.1) is 11.8 Å². The summed E-state index contributed by atoms with van der Waals surface area (Å²) in [6.45, 7) is 5.19. The number of rotatable bonds is 4. The second kappa shape index (κ2) is 6.11. The summed E-state index contributed by atoms with van der Waals surface area (Å²) in [7, 11) is 1.85. The summed E-state index contributed by atoms with van der Waals surface area (Å²) in [6.07, 6.45) is 3.99. The van der Waals surface area contributed by atoms with Gasteiger partial charge in [0.05, 0.1) is 6.42 Å². The van der Waals surface area contributed by atoms with Gasteiger partial charge in [-0.25, -0.2) is 0 Å². The molecule has 1 saturated carbocycles. The van der Waals surface area contributed by atoms with Gasteiger partial charge in [-0.2, -0.15) is 0 Å². The third-order valence-corrected chi connectivity index (χ3v) is 3.01. The van der Waals surface area contributed by atoms with E-state index in [0.29, 0.717) is 24.8 Å². The van der Waals surface area contributed by atoms with E-state index in [0.717, 1.165) is 12.8 Å². The molecule has 0 saturated heterocycles. The molecule has 0 heterocycles. The van der Waals surface area contributed by atoms with Gasteiger partial charge in [0.25, 0.3) is 0 Å². The summed E-state index contributed by atoms with van der Waals surface area (Å²) in [5.41, 5.74) is 0. The molecule has 0 aromatic carbocycles. The minimum absolute atomic E-state index is 0.0596. The van der Waals surface area contributed by atoms with Gasteiger partial charge in [-0.3, -0.25) is 4.79 Å². The van der Waals surface area contributed by atoms with Crippen LogP contribution < -0.4 is 5.32 Å². The number of hydrogen-bond acceptors (Lipinski definition) is 3. The zero-order valence-electron chi connectivity index (χ0n) is 10.1. The van der Waals surface area contributed by atoms with E-state index in [-0.39, 0.29) is 12.1 Å². The molecule has 1 aliphatic carbocycles. The van der Waals surface area contributed by atoms with Crippen molar-refractivity contribution in [2.24, 2.45) is 11.8 Å². The highest BCUT2D eigenvalue weighted by Gasteiger charge is 2.26. The van der Waals surface area contributed by atoms with Crippen LogP contribution in [0.2, 0.25) is 0 Å². The van der Waals surface area contributed by atoms with Crippen LogP contribution in [0.5, 0.6) is 0 Å². The highest BCUT2D eigenvalue weighted by molar-refractivity contribution is 5.69. The van der Waals surface area contributed by atoms with E-state index < -0.39 is 0 Å². The normalized spacial score (nSPS) is 31.3. The van der Waals surface area contributed by atoms with Crippen LogP contribution in [-0.4, -0.2) is 25.7 Å². The molecule has 0 aromatic heterocycles. The number of carbonyl (C=O) groups excluding carboxylic acids is 1. The zero-order valence-corrected chi connectivity index (χ0v) is 10.1. The topological polar surface area (TPSA) is 38.3 Å². The first-order chi connectivity index (χ1) is 7.11. The van der Waals surface area contributed by atoms with Gasteiger partial charge in [0.15, 0.2) is 0 Å².